The Balaban J connectivity index is 1.79. The van der Waals surface area contributed by atoms with Crippen LogP contribution in [0.1, 0.15) is 25.8 Å². The van der Waals surface area contributed by atoms with Crippen LogP contribution in [0.4, 0.5) is 0 Å². The number of halogens is 1. The number of amides is 1. The maximum absolute atomic E-state index is 12.8. The fourth-order valence-corrected chi connectivity index (χ4v) is 5.47. The molecule has 3 rings (SSSR count). The van der Waals surface area contributed by atoms with Crippen LogP contribution in [-0.2, 0) is 14.6 Å². The Labute approximate surface area is 174 Å². The van der Waals surface area contributed by atoms with Crippen LogP contribution in [0.25, 0.3) is 11.0 Å². The van der Waals surface area contributed by atoms with E-state index in [4.69, 9.17) is 20.8 Å². The summed E-state index contributed by atoms with van der Waals surface area (Å²) in [6, 6.07) is 4.16. The van der Waals surface area contributed by atoms with E-state index in [2.05, 4.69) is 0 Å². The zero-order valence-corrected chi connectivity index (χ0v) is 18.2. The highest BCUT2D eigenvalue weighted by atomic mass is 35.5. The van der Waals surface area contributed by atoms with E-state index in [1.165, 1.54) is 12.1 Å². The summed E-state index contributed by atoms with van der Waals surface area (Å²) in [7, 11) is -3.11. The first-order valence-electron chi connectivity index (χ1n) is 9.42. The molecule has 0 N–H and O–H groups in total. The van der Waals surface area contributed by atoms with Gasteiger partial charge in [-0.3, -0.25) is 4.79 Å². The fourth-order valence-electron chi connectivity index (χ4n) is 3.52. The summed E-state index contributed by atoms with van der Waals surface area (Å²) >= 11 is 6.28. The van der Waals surface area contributed by atoms with Gasteiger partial charge in [-0.15, -0.1) is 0 Å². The summed E-state index contributed by atoms with van der Waals surface area (Å²) in [6.45, 7) is 5.87. The summed E-state index contributed by atoms with van der Waals surface area (Å²) in [5, 5.41) is 0.979. The summed E-state index contributed by atoms with van der Waals surface area (Å²) < 4.78 is 34.5. The molecule has 1 aromatic carbocycles. The number of hydrogen-bond acceptors (Lipinski definition) is 6. The monoisotopic (exact) mass is 441 g/mol. The van der Waals surface area contributed by atoms with E-state index in [1.807, 2.05) is 13.8 Å². The first-order chi connectivity index (χ1) is 13.6. The molecule has 9 heteroatoms. The van der Waals surface area contributed by atoms with Gasteiger partial charge < -0.3 is 14.1 Å². The normalized spacial score (nSPS) is 18.3. The molecule has 7 nitrogen and oxygen atoms in total. The first kappa shape index (κ1) is 21.6. The smallest absolute Gasteiger partial charge is 0.336 e. The molecule has 0 aliphatic carbocycles. The van der Waals surface area contributed by atoms with E-state index < -0.39 is 15.5 Å². The Kier molecular flexibility index (Phi) is 6.24. The highest BCUT2D eigenvalue weighted by Crippen LogP contribution is 2.31. The van der Waals surface area contributed by atoms with Gasteiger partial charge in [0.1, 0.15) is 11.3 Å². The highest BCUT2D eigenvalue weighted by molar-refractivity contribution is 7.91. The Hall–Kier alpha value is -2.06. The molecule has 1 aromatic heterocycles. The molecule has 0 saturated carbocycles. The molecular weight excluding hydrogens is 418 g/mol. The predicted octanol–water partition coefficient (Wildman–Crippen LogP) is 2.81. The number of aryl methyl sites for hydroxylation is 1. The van der Waals surface area contributed by atoms with Crippen molar-refractivity contribution in [2.75, 3.05) is 24.7 Å². The quantitative estimate of drug-likeness (QED) is 0.640. The van der Waals surface area contributed by atoms with Crippen molar-refractivity contribution in [1.29, 1.82) is 0 Å². The lowest BCUT2D eigenvalue weighted by Crippen LogP contribution is -2.45. The van der Waals surface area contributed by atoms with E-state index >= 15 is 0 Å². The minimum atomic E-state index is -3.11. The minimum Gasteiger partial charge on any atom is -0.482 e. The molecule has 1 amide bonds. The van der Waals surface area contributed by atoms with Crippen molar-refractivity contribution in [2.45, 2.75) is 33.2 Å². The van der Waals surface area contributed by atoms with Crippen molar-refractivity contribution in [2.24, 2.45) is 5.92 Å². The Bertz CT molecular complexity index is 1090. The molecular formula is C20H24ClNO6S. The first-order valence-corrected chi connectivity index (χ1v) is 11.6. The van der Waals surface area contributed by atoms with Crippen LogP contribution in [0.5, 0.6) is 5.75 Å². The maximum atomic E-state index is 12.8. The van der Waals surface area contributed by atoms with E-state index in [0.717, 1.165) is 5.56 Å². The Morgan fingerprint density at radius 1 is 1.34 bits per heavy atom. The van der Waals surface area contributed by atoms with Crippen LogP contribution in [0, 0.1) is 12.8 Å². The Morgan fingerprint density at radius 3 is 2.69 bits per heavy atom. The number of ether oxygens (including phenoxy) is 1. The standard InChI is InChI=1S/C20H24ClNO6S/c1-12(2)9-22(14-4-5-29(25,26)11-14)19(23)10-27-18-8-17-15(7-16(18)21)13(3)6-20(24)28-17/h6-8,12,14H,4-5,9-11H2,1-3H3/t14-/m0/s1. The van der Waals surface area contributed by atoms with Crippen molar-refractivity contribution >= 4 is 38.3 Å². The van der Waals surface area contributed by atoms with Crippen LogP contribution < -0.4 is 10.4 Å². The van der Waals surface area contributed by atoms with Gasteiger partial charge in [-0.2, -0.15) is 0 Å². The lowest BCUT2D eigenvalue weighted by Gasteiger charge is -2.30. The maximum Gasteiger partial charge on any atom is 0.336 e. The number of carbonyl (C=O) groups excluding carboxylic acids is 1. The van der Waals surface area contributed by atoms with Gasteiger partial charge in [0, 0.05) is 30.1 Å². The SMILES string of the molecule is Cc1cc(=O)oc2cc(OCC(=O)N(CC(C)C)[C@H]3CCS(=O)(=O)C3)c(Cl)cc12. The minimum absolute atomic E-state index is 0.0212. The van der Waals surface area contributed by atoms with Gasteiger partial charge in [-0.05, 0) is 30.9 Å². The molecule has 1 aliphatic rings. The molecule has 0 unspecified atom stereocenters. The molecule has 2 aromatic rings. The third-order valence-corrected chi connectivity index (χ3v) is 6.93. The van der Waals surface area contributed by atoms with Crippen molar-refractivity contribution in [3.05, 3.63) is 39.2 Å². The highest BCUT2D eigenvalue weighted by Gasteiger charge is 2.35. The lowest BCUT2D eigenvalue weighted by atomic mass is 10.1. The third kappa shape index (κ3) is 5.11. The lowest BCUT2D eigenvalue weighted by molar-refractivity contribution is -0.135. The molecule has 1 aliphatic heterocycles. The molecule has 0 radical (unpaired) electrons. The number of sulfone groups is 1. The second kappa shape index (κ2) is 8.36. The Morgan fingerprint density at radius 2 is 2.07 bits per heavy atom. The second-order valence-electron chi connectivity index (χ2n) is 7.81. The predicted molar refractivity (Wildman–Crippen MR) is 111 cm³/mol. The van der Waals surface area contributed by atoms with Crippen molar-refractivity contribution in [1.82, 2.24) is 4.90 Å². The average Bonchev–Trinajstić information content (AvgIpc) is 2.97. The van der Waals surface area contributed by atoms with Gasteiger partial charge in [0.05, 0.1) is 16.5 Å². The van der Waals surface area contributed by atoms with Crippen LogP contribution >= 0.6 is 11.6 Å². The number of hydrogen-bond donors (Lipinski definition) is 0. The van der Waals surface area contributed by atoms with Crippen molar-refractivity contribution in [3.63, 3.8) is 0 Å². The van der Waals surface area contributed by atoms with Gasteiger partial charge >= 0.3 is 5.63 Å². The van der Waals surface area contributed by atoms with E-state index in [1.54, 1.807) is 17.9 Å². The molecule has 1 fully saturated rings. The topological polar surface area (TPSA) is 93.9 Å². The number of benzene rings is 1. The average molecular weight is 442 g/mol. The molecule has 1 atom stereocenters. The summed E-state index contributed by atoms with van der Waals surface area (Å²) in [6.07, 6.45) is 0.432. The third-order valence-electron chi connectivity index (χ3n) is 4.89. The summed E-state index contributed by atoms with van der Waals surface area (Å²) in [5.74, 6) is 0.179. The van der Waals surface area contributed by atoms with Gasteiger partial charge in [-0.1, -0.05) is 25.4 Å². The van der Waals surface area contributed by atoms with E-state index in [0.29, 0.717) is 29.0 Å². The van der Waals surface area contributed by atoms with Crippen LogP contribution in [-0.4, -0.2) is 49.9 Å². The fraction of sp³-hybridized carbons (Fsp3) is 0.500. The number of nitrogens with zero attached hydrogens (tertiary/aromatic N) is 1. The van der Waals surface area contributed by atoms with Gasteiger partial charge in [0.15, 0.2) is 16.4 Å². The van der Waals surface area contributed by atoms with Crippen LogP contribution in [0.3, 0.4) is 0 Å². The summed E-state index contributed by atoms with van der Waals surface area (Å²) in [4.78, 5) is 26.0. The molecule has 1 saturated heterocycles. The number of carbonyl (C=O) groups is 1. The molecule has 2 heterocycles. The molecule has 0 spiro atoms. The summed E-state index contributed by atoms with van der Waals surface area (Å²) in [5.41, 5.74) is 0.569. The number of rotatable bonds is 6. The van der Waals surface area contributed by atoms with Gasteiger partial charge in [-0.25, -0.2) is 13.2 Å². The largest absolute Gasteiger partial charge is 0.482 e. The van der Waals surface area contributed by atoms with Crippen molar-refractivity contribution in [3.8, 4) is 5.75 Å². The molecule has 158 valence electrons. The molecule has 29 heavy (non-hydrogen) atoms. The second-order valence-corrected chi connectivity index (χ2v) is 10.4. The van der Waals surface area contributed by atoms with Gasteiger partial charge in [0.25, 0.3) is 5.91 Å². The van der Waals surface area contributed by atoms with Crippen LogP contribution in [0.2, 0.25) is 5.02 Å². The van der Waals surface area contributed by atoms with Gasteiger partial charge in [0.2, 0.25) is 0 Å². The van der Waals surface area contributed by atoms with E-state index in [9.17, 15) is 18.0 Å². The van der Waals surface area contributed by atoms with Crippen molar-refractivity contribution < 1.29 is 22.4 Å². The molecule has 0 bridgehead atoms. The zero-order valence-electron chi connectivity index (χ0n) is 16.6. The van der Waals surface area contributed by atoms with Crippen LogP contribution in [0.15, 0.2) is 27.4 Å². The number of fused-ring (bicyclic) bond motifs is 1. The van der Waals surface area contributed by atoms with E-state index in [-0.39, 0.29) is 41.7 Å². The zero-order chi connectivity index (χ0) is 21.3.